The van der Waals surface area contributed by atoms with E-state index >= 15 is 0 Å². The van der Waals surface area contributed by atoms with Gasteiger partial charge in [0.15, 0.2) is 5.82 Å². The average molecular weight is 286 g/mol. The van der Waals surface area contributed by atoms with E-state index in [0.29, 0.717) is 17.4 Å². The molecule has 1 fully saturated rings. The molecule has 3 rings (SSSR count). The van der Waals surface area contributed by atoms with Gasteiger partial charge in [0.1, 0.15) is 0 Å². The van der Waals surface area contributed by atoms with Gasteiger partial charge in [-0.2, -0.15) is 0 Å². The number of anilines is 2. The molecule has 112 valence electrons. The van der Waals surface area contributed by atoms with Crippen LogP contribution in [0.4, 0.5) is 11.4 Å². The average Bonchev–Trinajstić information content (AvgIpc) is 2.87. The molecule has 1 heterocycles. The van der Waals surface area contributed by atoms with E-state index in [1.165, 1.54) is 32.1 Å². The predicted molar refractivity (Wildman–Crippen MR) is 83.4 cm³/mol. The molecular formula is C15H22N6. The highest BCUT2D eigenvalue weighted by atomic mass is 15.5. The molecule has 6 nitrogen and oxygen atoms in total. The lowest BCUT2D eigenvalue weighted by molar-refractivity contribution is 0.345. The monoisotopic (exact) mass is 286 g/mol. The van der Waals surface area contributed by atoms with Crippen molar-refractivity contribution in [3.05, 3.63) is 18.2 Å². The maximum Gasteiger partial charge on any atom is 0.184 e. The minimum Gasteiger partial charge on any atom is -0.399 e. The van der Waals surface area contributed by atoms with Crippen molar-refractivity contribution < 1.29 is 0 Å². The van der Waals surface area contributed by atoms with Gasteiger partial charge in [-0.1, -0.05) is 32.1 Å². The van der Waals surface area contributed by atoms with E-state index in [4.69, 9.17) is 11.5 Å². The van der Waals surface area contributed by atoms with Crippen molar-refractivity contribution in [1.29, 1.82) is 0 Å². The zero-order chi connectivity index (χ0) is 14.7. The number of benzene rings is 1. The van der Waals surface area contributed by atoms with Gasteiger partial charge in [0.2, 0.25) is 0 Å². The molecule has 0 radical (unpaired) electrons. The van der Waals surface area contributed by atoms with Crippen LogP contribution in [0.2, 0.25) is 0 Å². The van der Waals surface area contributed by atoms with Crippen LogP contribution in [0.25, 0.3) is 11.4 Å². The zero-order valence-electron chi connectivity index (χ0n) is 12.2. The van der Waals surface area contributed by atoms with E-state index in [0.717, 1.165) is 24.2 Å². The largest absolute Gasteiger partial charge is 0.399 e. The number of nitrogens with zero attached hydrogens (tertiary/aromatic N) is 4. The van der Waals surface area contributed by atoms with Gasteiger partial charge < -0.3 is 11.5 Å². The quantitative estimate of drug-likeness (QED) is 0.828. The lowest BCUT2D eigenvalue weighted by Gasteiger charge is -2.21. The first kappa shape index (κ1) is 13.9. The maximum atomic E-state index is 6.08. The highest BCUT2D eigenvalue weighted by molar-refractivity contribution is 5.74. The fraction of sp³-hybridized carbons (Fsp3) is 0.533. The molecular weight excluding hydrogens is 264 g/mol. The number of aromatic nitrogens is 4. The molecule has 0 unspecified atom stereocenters. The van der Waals surface area contributed by atoms with Crippen molar-refractivity contribution in [3.8, 4) is 11.4 Å². The summed E-state index contributed by atoms with van der Waals surface area (Å²) < 4.78 is 1.95. The second kappa shape index (κ2) is 6.11. The molecule has 1 aliphatic rings. The van der Waals surface area contributed by atoms with Gasteiger partial charge in [0, 0.05) is 16.9 Å². The second-order valence-corrected chi connectivity index (χ2v) is 5.79. The third kappa shape index (κ3) is 2.99. The van der Waals surface area contributed by atoms with Crippen LogP contribution in [0, 0.1) is 0 Å². The summed E-state index contributed by atoms with van der Waals surface area (Å²) in [4.78, 5) is 0. The molecule has 0 bridgehead atoms. The molecule has 1 aromatic carbocycles. The summed E-state index contributed by atoms with van der Waals surface area (Å²) in [6, 6.07) is 5.86. The third-order valence-electron chi connectivity index (χ3n) is 4.23. The van der Waals surface area contributed by atoms with E-state index in [1.54, 1.807) is 6.07 Å². The predicted octanol–water partition coefficient (Wildman–Crippen LogP) is 2.79. The Morgan fingerprint density at radius 2 is 1.71 bits per heavy atom. The lowest BCUT2D eigenvalue weighted by Crippen LogP contribution is -2.14. The van der Waals surface area contributed by atoms with Gasteiger partial charge in [0.05, 0.1) is 6.04 Å². The van der Waals surface area contributed by atoms with Crippen LogP contribution >= 0.6 is 0 Å². The first-order valence-electron chi connectivity index (χ1n) is 7.69. The van der Waals surface area contributed by atoms with Crippen molar-refractivity contribution in [2.24, 2.45) is 0 Å². The maximum absolute atomic E-state index is 6.08. The van der Waals surface area contributed by atoms with Crippen LogP contribution < -0.4 is 11.5 Å². The normalized spacial score (nSPS) is 17.3. The van der Waals surface area contributed by atoms with Gasteiger partial charge in [-0.25, -0.2) is 4.68 Å². The van der Waals surface area contributed by atoms with E-state index in [9.17, 15) is 0 Å². The van der Waals surface area contributed by atoms with E-state index in [-0.39, 0.29) is 0 Å². The summed E-state index contributed by atoms with van der Waals surface area (Å²) in [6.45, 7) is 0. The van der Waals surface area contributed by atoms with Gasteiger partial charge in [-0.15, -0.1) is 5.10 Å². The fourth-order valence-electron chi connectivity index (χ4n) is 3.08. The van der Waals surface area contributed by atoms with Crippen molar-refractivity contribution >= 4 is 11.4 Å². The smallest absolute Gasteiger partial charge is 0.184 e. The Kier molecular flexibility index (Phi) is 4.03. The Hall–Kier alpha value is -2.11. The minimum absolute atomic E-state index is 0.368. The highest BCUT2D eigenvalue weighted by Crippen LogP contribution is 2.31. The number of nitrogens with two attached hydrogens (primary N) is 2. The van der Waals surface area contributed by atoms with E-state index < -0.39 is 0 Å². The minimum atomic E-state index is 0.368. The highest BCUT2D eigenvalue weighted by Gasteiger charge is 2.20. The van der Waals surface area contributed by atoms with Crippen LogP contribution in [-0.4, -0.2) is 20.2 Å². The Labute approximate surface area is 124 Å². The van der Waals surface area contributed by atoms with Crippen molar-refractivity contribution in [2.45, 2.75) is 51.0 Å². The molecule has 0 atom stereocenters. The Balaban J connectivity index is 1.92. The fourth-order valence-corrected chi connectivity index (χ4v) is 3.08. The van der Waals surface area contributed by atoms with Crippen LogP contribution in [0.3, 0.4) is 0 Å². The molecule has 0 spiro atoms. The number of rotatable bonds is 2. The molecule has 0 aliphatic heterocycles. The standard InChI is InChI=1S/C15H22N6/c16-11-8-9-13(14(17)10-11)15-18-19-20-21(15)12-6-4-2-1-3-5-7-12/h8-10,12H,1-7,16-17H2. The van der Waals surface area contributed by atoms with Crippen LogP contribution in [-0.2, 0) is 0 Å². The Morgan fingerprint density at radius 1 is 1.00 bits per heavy atom. The van der Waals surface area contributed by atoms with E-state index in [1.807, 2.05) is 16.8 Å². The first-order chi connectivity index (χ1) is 10.3. The van der Waals surface area contributed by atoms with Gasteiger partial charge in [0.25, 0.3) is 0 Å². The zero-order valence-corrected chi connectivity index (χ0v) is 12.2. The molecule has 1 aliphatic carbocycles. The second-order valence-electron chi connectivity index (χ2n) is 5.79. The molecule has 2 aromatic rings. The molecule has 6 heteroatoms. The van der Waals surface area contributed by atoms with Crippen LogP contribution in [0.5, 0.6) is 0 Å². The van der Waals surface area contributed by atoms with Gasteiger partial charge in [-0.05, 0) is 41.5 Å². The number of nitrogen functional groups attached to an aromatic ring is 2. The molecule has 0 saturated heterocycles. The Bertz CT molecular complexity index is 598. The van der Waals surface area contributed by atoms with E-state index in [2.05, 4.69) is 15.5 Å². The summed E-state index contributed by atoms with van der Waals surface area (Å²) in [5.41, 5.74) is 14.0. The first-order valence-corrected chi connectivity index (χ1v) is 7.69. The number of tetrazole rings is 1. The lowest BCUT2D eigenvalue weighted by atomic mass is 9.96. The molecule has 4 N–H and O–H groups in total. The van der Waals surface area contributed by atoms with Crippen LogP contribution in [0.15, 0.2) is 18.2 Å². The number of hydrogen-bond donors (Lipinski definition) is 2. The van der Waals surface area contributed by atoms with Crippen LogP contribution in [0.1, 0.15) is 51.0 Å². The topological polar surface area (TPSA) is 95.6 Å². The van der Waals surface area contributed by atoms with Crippen molar-refractivity contribution in [2.75, 3.05) is 11.5 Å². The van der Waals surface area contributed by atoms with Gasteiger partial charge in [-0.3, -0.25) is 0 Å². The van der Waals surface area contributed by atoms with Crippen molar-refractivity contribution in [1.82, 2.24) is 20.2 Å². The van der Waals surface area contributed by atoms with Crippen molar-refractivity contribution in [3.63, 3.8) is 0 Å². The Morgan fingerprint density at radius 3 is 2.43 bits per heavy atom. The number of hydrogen-bond acceptors (Lipinski definition) is 5. The summed E-state index contributed by atoms with van der Waals surface area (Å²) in [6.07, 6.45) is 8.69. The van der Waals surface area contributed by atoms with Gasteiger partial charge >= 0.3 is 0 Å². The summed E-state index contributed by atoms with van der Waals surface area (Å²) in [5, 5.41) is 12.3. The molecule has 1 saturated carbocycles. The third-order valence-corrected chi connectivity index (χ3v) is 4.23. The molecule has 0 amide bonds. The molecule has 21 heavy (non-hydrogen) atoms. The summed E-state index contributed by atoms with van der Waals surface area (Å²) >= 11 is 0. The molecule has 1 aromatic heterocycles. The summed E-state index contributed by atoms with van der Waals surface area (Å²) in [7, 11) is 0. The SMILES string of the molecule is Nc1ccc(-c2nnnn2C2CCCCCCC2)c(N)c1. The summed E-state index contributed by atoms with van der Waals surface area (Å²) in [5.74, 6) is 0.748.